The summed E-state index contributed by atoms with van der Waals surface area (Å²) in [6.45, 7) is 5.35. The summed E-state index contributed by atoms with van der Waals surface area (Å²) in [6.07, 6.45) is 3.14. The van der Waals surface area contributed by atoms with Crippen molar-refractivity contribution in [3.63, 3.8) is 0 Å². The molecule has 0 unspecified atom stereocenters. The normalized spacial score (nSPS) is 17.6. The maximum Gasteiger partial charge on any atom is 0.188 e. The molecule has 19 heavy (non-hydrogen) atoms. The molecular formula is C13H27N3O3. The van der Waals surface area contributed by atoms with Gasteiger partial charge in [-0.05, 0) is 25.2 Å². The quantitative estimate of drug-likeness (QED) is 0.360. The Hall–Kier alpha value is -0.850. The van der Waals surface area contributed by atoms with Crippen LogP contribution < -0.4 is 11.1 Å². The molecule has 1 aliphatic rings. The first kappa shape index (κ1) is 16.2. The zero-order chi connectivity index (χ0) is 13.8. The van der Waals surface area contributed by atoms with Crippen LogP contribution in [0.25, 0.3) is 0 Å². The van der Waals surface area contributed by atoms with Crippen LogP contribution in [0.5, 0.6) is 0 Å². The van der Waals surface area contributed by atoms with Crippen LogP contribution in [-0.2, 0) is 14.2 Å². The second kappa shape index (κ2) is 11.0. The van der Waals surface area contributed by atoms with Crippen molar-refractivity contribution < 1.29 is 14.2 Å². The predicted molar refractivity (Wildman–Crippen MR) is 75.3 cm³/mol. The first-order valence-corrected chi connectivity index (χ1v) is 7.01. The Bertz CT molecular complexity index is 243. The van der Waals surface area contributed by atoms with Crippen molar-refractivity contribution in [3.05, 3.63) is 0 Å². The van der Waals surface area contributed by atoms with Gasteiger partial charge in [-0.25, -0.2) is 0 Å². The molecule has 1 fully saturated rings. The van der Waals surface area contributed by atoms with Gasteiger partial charge in [-0.3, -0.25) is 4.99 Å². The molecule has 112 valence electrons. The Kier molecular flexibility index (Phi) is 9.40. The highest BCUT2D eigenvalue weighted by atomic mass is 16.5. The van der Waals surface area contributed by atoms with Crippen LogP contribution in [0.4, 0.5) is 0 Å². The SMILES string of the molecule is COCCNC(N)=NCCCOCC1CCOCC1. The van der Waals surface area contributed by atoms with Crippen LogP contribution in [-0.4, -0.2) is 59.2 Å². The van der Waals surface area contributed by atoms with Gasteiger partial charge in [-0.15, -0.1) is 0 Å². The number of nitrogens with zero attached hydrogens (tertiary/aromatic N) is 1. The lowest BCUT2D eigenvalue weighted by Gasteiger charge is -2.21. The van der Waals surface area contributed by atoms with E-state index in [0.29, 0.717) is 31.6 Å². The van der Waals surface area contributed by atoms with Crippen LogP contribution in [0.3, 0.4) is 0 Å². The summed E-state index contributed by atoms with van der Waals surface area (Å²) in [5, 5.41) is 2.97. The summed E-state index contributed by atoms with van der Waals surface area (Å²) < 4.78 is 15.9. The minimum atomic E-state index is 0.474. The number of ether oxygens (including phenoxy) is 3. The second-order valence-corrected chi connectivity index (χ2v) is 4.67. The zero-order valence-corrected chi connectivity index (χ0v) is 11.9. The van der Waals surface area contributed by atoms with Gasteiger partial charge in [0.15, 0.2) is 5.96 Å². The largest absolute Gasteiger partial charge is 0.383 e. The molecule has 1 aliphatic heterocycles. The summed E-state index contributed by atoms with van der Waals surface area (Å²) in [7, 11) is 1.66. The number of guanidine groups is 1. The van der Waals surface area contributed by atoms with Gasteiger partial charge < -0.3 is 25.3 Å². The number of hydrogen-bond acceptors (Lipinski definition) is 4. The molecule has 1 saturated heterocycles. The number of methoxy groups -OCH3 is 1. The summed E-state index contributed by atoms with van der Waals surface area (Å²) in [5.74, 6) is 1.14. The van der Waals surface area contributed by atoms with E-state index in [2.05, 4.69) is 10.3 Å². The highest BCUT2D eigenvalue weighted by Crippen LogP contribution is 2.14. The first-order chi connectivity index (χ1) is 9.33. The lowest BCUT2D eigenvalue weighted by molar-refractivity contribution is 0.0205. The zero-order valence-electron chi connectivity index (χ0n) is 11.9. The number of nitrogens with two attached hydrogens (primary N) is 1. The second-order valence-electron chi connectivity index (χ2n) is 4.67. The van der Waals surface area contributed by atoms with Crippen LogP contribution >= 0.6 is 0 Å². The molecule has 6 nitrogen and oxygen atoms in total. The molecule has 0 saturated carbocycles. The third-order valence-electron chi connectivity index (χ3n) is 3.04. The van der Waals surface area contributed by atoms with Gasteiger partial charge in [0.25, 0.3) is 0 Å². The van der Waals surface area contributed by atoms with Gasteiger partial charge in [-0.2, -0.15) is 0 Å². The standard InChI is InChI=1S/C13H27N3O3/c1-17-10-6-16-13(14)15-5-2-7-19-11-12-3-8-18-9-4-12/h12H,2-11H2,1H3,(H3,14,15,16). The molecule has 0 aromatic rings. The Morgan fingerprint density at radius 2 is 2.16 bits per heavy atom. The van der Waals surface area contributed by atoms with Gasteiger partial charge in [0, 0.05) is 46.6 Å². The van der Waals surface area contributed by atoms with Crippen molar-refractivity contribution in [2.75, 3.05) is 53.2 Å². The van der Waals surface area contributed by atoms with E-state index in [9.17, 15) is 0 Å². The maximum absolute atomic E-state index is 5.67. The lowest BCUT2D eigenvalue weighted by Crippen LogP contribution is -2.34. The fourth-order valence-electron chi connectivity index (χ4n) is 1.87. The van der Waals surface area contributed by atoms with Gasteiger partial charge in [0.2, 0.25) is 0 Å². The molecular weight excluding hydrogens is 246 g/mol. The molecule has 0 atom stereocenters. The van der Waals surface area contributed by atoms with Crippen LogP contribution in [0.2, 0.25) is 0 Å². The number of nitrogens with one attached hydrogen (secondary N) is 1. The molecule has 0 bridgehead atoms. The van der Waals surface area contributed by atoms with E-state index in [0.717, 1.165) is 45.7 Å². The Balaban J connectivity index is 1.90. The van der Waals surface area contributed by atoms with E-state index in [1.54, 1.807) is 7.11 Å². The highest BCUT2D eigenvalue weighted by Gasteiger charge is 2.13. The van der Waals surface area contributed by atoms with E-state index in [1.807, 2.05) is 0 Å². The fourth-order valence-corrected chi connectivity index (χ4v) is 1.87. The van der Waals surface area contributed by atoms with E-state index in [1.165, 1.54) is 0 Å². The Labute approximate surface area is 115 Å². The average molecular weight is 273 g/mol. The molecule has 1 heterocycles. The monoisotopic (exact) mass is 273 g/mol. The molecule has 6 heteroatoms. The molecule has 0 spiro atoms. The molecule has 0 radical (unpaired) electrons. The maximum atomic E-state index is 5.67. The van der Waals surface area contributed by atoms with E-state index in [4.69, 9.17) is 19.9 Å². The Morgan fingerprint density at radius 1 is 1.37 bits per heavy atom. The van der Waals surface area contributed by atoms with Crippen molar-refractivity contribution in [2.24, 2.45) is 16.6 Å². The minimum absolute atomic E-state index is 0.474. The summed E-state index contributed by atoms with van der Waals surface area (Å²) >= 11 is 0. The predicted octanol–water partition coefficient (Wildman–Crippen LogP) is 0.370. The van der Waals surface area contributed by atoms with Crippen molar-refractivity contribution in [3.8, 4) is 0 Å². The number of aliphatic imine (C=N–C) groups is 1. The molecule has 0 aliphatic carbocycles. The summed E-state index contributed by atoms with van der Waals surface area (Å²) in [5.41, 5.74) is 5.67. The molecule has 0 amide bonds. The van der Waals surface area contributed by atoms with Gasteiger partial charge in [0.1, 0.15) is 0 Å². The number of rotatable bonds is 9. The molecule has 1 rings (SSSR count). The smallest absolute Gasteiger partial charge is 0.188 e. The summed E-state index contributed by atoms with van der Waals surface area (Å²) in [6, 6.07) is 0. The summed E-state index contributed by atoms with van der Waals surface area (Å²) in [4.78, 5) is 4.21. The van der Waals surface area contributed by atoms with Gasteiger partial charge in [0.05, 0.1) is 6.61 Å². The fraction of sp³-hybridized carbons (Fsp3) is 0.923. The van der Waals surface area contributed by atoms with Crippen LogP contribution in [0.1, 0.15) is 19.3 Å². The first-order valence-electron chi connectivity index (χ1n) is 7.01. The van der Waals surface area contributed by atoms with Crippen molar-refractivity contribution in [2.45, 2.75) is 19.3 Å². The average Bonchev–Trinajstić information content (AvgIpc) is 2.44. The molecule has 0 aromatic heterocycles. The van der Waals surface area contributed by atoms with Crippen LogP contribution in [0.15, 0.2) is 4.99 Å². The van der Waals surface area contributed by atoms with E-state index >= 15 is 0 Å². The van der Waals surface area contributed by atoms with Crippen LogP contribution in [0, 0.1) is 5.92 Å². The highest BCUT2D eigenvalue weighted by molar-refractivity contribution is 5.77. The van der Waals surface area contributed by atoms with Crippen molar-refractivity contribution >= 4 is 5.96 Å². The van der Waals surface area contributed by atoms with Crippen molar-refractivity contribution in [1.29, 1.82) is 0 Å². The van der Waals surface area contributed by atoms with E-state index in [-0.39, 0.29) is 0 Å². The van der Waals surface area contributed by atoms with E-state index < -0.39 is 0 Å². The van der Waals surface area contributed by atoms with Crippen molar-refractivity contribution in [1.82, 2.24) is 5.32 Å². The minimum Gasteiger partial charge on any atom is -0.383 e. The molecule has 3 N–H and O–H groups in total. The third kappa shape index (κ3) is 8.80. The molecule has 0 aromatic carbocycles. The van der Waals surface area contributed by atoms with Gasteiger partial charge in [-0.1, -0.05) is 0 Å². The number of hydrogen-bond donors (Lipinski definition) is 2. The van der Waals surface area contributed by atoms with Gasteiger partial charge >= 0.3 is 0 Å². The third-order valence-corrected chi connectivity index (χ3v) is 3.04. The Morgan fingerprint density at radius 3 is 2.89 bits per heavy atom. The lowest BCUT2D eigenvalue weighted by atomic mass is 10.0. The topological polar surface area (TPSA) is 78.1 Å².